The van der Waals surface area contributed by atoms with Gasteiger partial charge in [-0.2, -0.15) is 0 Å². The Labute approximate surface area is 143 Å². The van der Waals surface area contributed by atoms with Gasteiger partial charge < -0.3 is 10.1 Å². The minimum atomic E-state index is -0.448. The van der Waals surface area contributed by atoms with Crippen LogP contribution < -0.4 is 10.1 Å². The number of nitrogens with one attached hydrogen (secondary N) is 1. The standard InChI is InChI=1S/C18H17BrFNO2/c1-12(14-7-8-17(23-2)16(20)11-14)21-18(22)9-6-13-4-3-5-15(19)10-13/h3-12H,1-2H3,(H,21,22)/b9-6+/t12-/m1/s1. The summed E-state index contributed by atoms with van der Waals surface area (Å²) in [5.41, 5.74) is 1.59. The molecule has 3 nitrogen and oxygen atoms in total. The van der Waals surface area contributed by atoms with Crippen LogP contribution in [0.4, 0.5) is 4.39 Å². The van der Waals surface area contributed by atoms with Crippen molar-refractivity contribution in [2.75, 3.05) is 7.11 Å². The van der Waals surface area contributed by atoms with Crippen LogP contribution in [0.3, 0.4) is 0 Å². The van der Waals surface area contributed by atoms with Crippen LogP contribution in [0.25, 0.3) is 6.08 Å². The van der Waals surface area contributed by atoms with Crippen LogP contribution in [0, 0.1) is 5.82 Å². The molecule has 0 aromatic heterocycles. The summed E-state index contributed by atoms with van der Waals surface area (Å²) in [7, 11) is 1.41. The van der Waals surface area contributed by atoms with Gasteiger partial charge in [0.05, 0.1) is 13.2 Å². The Morgan fingerprint density at radius 1 is 1.30 bits per heavy atom. The summed E-state index contributed by atoms with van der Waals surface area (Å²) in [5.74, 6) is -0.508. The van der Waals surface area contributed by atoms with Gasteiger partial charge in [-0.05, 0) is 48.4 Å². The molecule has 23 heavy (non-hydrogen) atoms. The van der Waals surface area contributed by atoms with Gasteiger partial charge in [-0.15, -0.1) is 0 Å². The molecule has 0 radical (unpaired) electrons. The maximum Gasteiger partial charge on any atom is 0.244 e. The van der Waals surface area contributed by atoms with Crippen LogP contribution >= 0.6 is 15.9 Å². The van der Waals surface area contributed by atoms with Crippen molar-refractivity contribution in [2.24, 2.45) is 0 Å². The van der Waals surface area contributed by atoms with Crippen LogP contribution in [0.5, 0.6) is 5.75 Å². The van der Waals surface area contributed by atoms with Crippen molar-refractivity contribution in [3.05, 3.63) is 70.0 Å². The zero-order valence-corrected chi connectivity index (χ0v) is 14.4. The van der Waals surface area contributed by atoms with E-state index in [0.717, 1.165) is 10.0 Å². The van der Waals surface area contributed by atoms with Crippen molar-refractivity contribution in [3.8, 4) is 5.75 Å². The molecule has 120 valence electrons. The maximum atomic E-state index is 13.7. The highest BCUT2D eigenvalue weighted by Gasteiger charge is 2.11. The van der Waals surface area contributed by atoms with E-state index in [1.165, 1.54) is 19.3 Å². The lowest BCUT2D eigenvalue weighted by atomic mass is 10.1. The van der Waals surface area contributed by atoms with Gasteiger partial charge in [0.2, 0.25) is 5.91 Å². The monoisotopic (exact) mass is 377 g/mol. The Morgan fingerprint density at radius 3 is 2.74 bits per heavy atom. The fourth-order valence-electron chi connectivity index (χ4n) is 2.08. The highest BCUT2D eigenvalue weighted by molar-refractivity contribution is 9.10. The first-order valence-corrected chi connectivity index (χ1v) is 7.86. The maximum absolute atomic E-state index is 13.7. The van der Waals surface area contributed by atoms with Crippen molar-refractivity contribution >= 4 is 27.9 Å². The van der Waals surface area contributed by atoms with Crippen molar-refractivity contribution in [1.82, 2.24) is 5.32 Å². The second-order valence-corrected chi connectivity index (χ2v) is 5.93. The number of rotatable bonds is 5. The lowest BCUT2D eigenvalue weighted by Crippen LogP contribution is -2.24. The van der Waals surface area contributed by atoms with Gasteiger partial charge in [0.25, 0.3) is 0 Å². The summed E-state index contributed by atoms with van der Waals surface area (Å²) in [6.45, 7) is 1.80. The molecule has 0 heterocycles. The van der Waals surface area contributed by atoms with Gasteiger partial charge in [-0.25, -0.2) is 4.39 Å². The van der Waals surface area contributed by atoms with Crippen molar-refractivity contribution in [3.63, 3.8) is 0 Å². The quantitative estimate of drug-likeness (QED) is 0.779. The predicted octanol–water partition coefficient (Wildman–Crippen LogP) is 4.49. The molecule has 2 aromatic rings. The van der Waals surface area contributed by atoms with Gasteiger partial charge >= 0.3 is 0 Å². The molecule has 0 aliphatic carbocycles. The van der Waals surface area contributed by atoms with Crippen LogP contribution in [-0.4, -0.2) is 13.0 Å². The SMILES string of the molecule is COc1ccc([C@@H](C)NC(=O)/C=C/c2cccc(Br)c2)cc1F. The summed E-state index contributed by atoms with van der Waals surface area (Å²) >= 11 is 3.38. The summed E-state index contributed by atoms with van der Waals surface area (Å²) in [5, 5.41) is 2.80. The molecule has 0 aliphatic heterocycles. The van der Waals surface area contributed by atoms with E-state index < -0.39 is 5.82 Å². The average molecular weight is 378 g/mol. The van der Waals surface area contributed by atoms with E-state index in [1.807, 2.05) is 24.3 Å². The number of halogens is 2. The van der Waals surface area contributed by atoms with Crippen LogP contribution in [0.2, 0.25) is 0 Å². The van der Waals surface area contributed by atoms with Gasteiger partial charge in [0, 0.05) is 10.5 Å². The third-order valence-electron chi connectivity index (χ3n) is 3.31. The van der Waals surface area contributed by atoms with Crippen LogP contribution in [0.15, 0.2) is 53.0 Å². The molecule has 0 saturated heterocycles. The molecule has 0 unspecified atom stereocenters. The Hall–Kier alpha value is -2.14. The van der Waals surface area contributed by atoms with E-state index in [9.17, 15) is 9.18 Å². The smallest absolute Gasteiger partial charge is 0.244 e. The van der Waals surface area contributed by atoms with Gasteiger partial charge in [-0.3, -0.25) is 4.79 Å². The first kappa shape index (κ1) is 17.2. The Balaban J connectivity index is 2.00. The fraction of sp³-hybridized carbons (Fsp3) is 0.167. The zero-order chi connectivity index (χ0) is 16.8. The molecule has 0 fully saturated rings. The van der Waals surface area contributed by atoms with Crippen LogP contribution in [0.1, 0.15) is 24.1 Å². The summed E-state index contributed by atoms with van der Waals surface area (Å²) in [6, 6.07) is 11.9. The molecule has 2 aromatic carbocycles. The molecule has 0 saturated carbocycles. The van der Waals surface area contributed by atoms with E-state index in [-0.39, 0.29) is 17.7 Å². The highest BCUT2D eigenvalue weighted by Crippen LogP contribution is 2.21. The summed E-state index contributed by atoms with van der Waals surface area (Å²) < 4.78 is 19.5. The third-order valence-corrected chi connectivity index (χ3v) is 3.80. The number of ether oxygens (including phenoxy) is 1. The zero-order valence-electron chi connectivity index (χ0n) is 12.8. The molecule has 2 rings (SSSR count). The summed E-state index contributed by atoms with van der Waals surface area (Å²) in [4.78, 5) is 12.0. The van der Waals surface area contributed by atoms with Crippen molar-refractivity contribution < 1.29 is 13.9 Å². The molecule has 0 bridgehead atoms. The first-order valence-electron chi connectivity index (χ1n) is 7.07. The number of amides is 1. The average Bonchev–Trinajstić information content (AvgIpc) is 2.53. The molecule has 0 aliphatic rings. The molecule has 5 heteroatoms. The number of carbonyl (C=O) groups excluding carboxylic acids is 1. The van der Waals surface area contributed by atoms with Crippen LogP contribution in [-0.2, 0) is 4.79 Å². The molecule has 0 spiro atoms. The number of methoxy groups -OCH3 is 1. The third kappa shape index (κ3) is 4.93. The number of hydrogen-bond donors (Lipinski definition) is 1. The first-order chi connectivity index (χ1) is 11.0. The van der Waals surface area contributed by atoms with Gasteiger partial charge in [-0.1, -0.05) is 34.1 Å². The normalized spacial score (nSPS) is 12.2. The molecular formula is C18H17BrFNO2. The lowest BCUT2D eigenvalue weighted by Gasteiger charge is -2.14. The highest BCUT2D eigenvalue weighted by atomic mass is 79.9. The second-order valence-electron chi connectivity index (χ2n) is 5.01. The van der Waals surface area contributed by atoms with E-state index >= 15 is 0 Å². The summed E-state index contributed by atoms with van der Waals surface area (Å²) in [6.07, 6.45) is 3.18. The molecular weight excluding hydrogens is 361 g/mol. The van der Waals surface area contributed by atoms with Gasteiger partial charge in [0.1, 0.15) is 0 Å². The van der Waals surface area contributed by atoms with E-state index in [1.54, 1.807) is 25.1 Å². The predicted molar refractivity (Wildman–Crippen MR) is 92.7 cm³/mol. The molecule has 1 atom stereocenters. The van der Waals surface area contributed by atoms with Gasteiger partial charge in [0.15, 0.2) is 11.6 Å². The minimum absolute atomic E-state index is 0.182. The van der Waals surface area contributed by atoms with E-state index in [4.69, 9.17) is 4.74 Å². The second kappa shape index (κ2) is 7.92. The van der Waals surface area contributed by atoms with E-state index in [2.05, 4.69) is 21.2 Å². The number of carbonyl (C=O) groups is 1. The number of hydrogen-bond acceptors (Lipinski definition) is 2. The molecule has 1 amide bonds. The van der Waals surface area contributed by atoms with E-state index in [0.29, 0.717) is 5.56 Å². The Kier molecular flexibility index (Phi) is 5.93. The Bertz CT molecular complexity index is 731. The minimum Gasteiger partial charge on any atom is -0.494 e. The molecule has 1 N–H and O–H groups in total. The Morgan fingerprint density at radius 2 is 2.09 bits per heavy atom. The largest absolute Gasteiger partial charge is 0.494 e. The topological polar surface area (TPSA) is 38.3 Å². The number of benzene rings is 2. The van der Waals surface area contributed by atoms with Crippen molar-refractivity contribution in [2.45, 2.75) is 13.0 Å². The fourth-order valence-corrected chi connectivity index (χ4v) is 2.50. The lowest BCUT2D eigenvalue weighted by molar-refractivity contribution is -0.117. The van der Waals surface area contributed by atoms with Crippen molar-refractivity contribution in [1.29, 1.82) is 0 Å².